The zero-order chi connectivity index (χ0) is 26.0. The molecule has 0 unspecified atom stereocenters. The summed E-state index contributed by atoms with van der Waals surface area (Å²) in [6.45, 7) is 15.4. The molecule has 0 aromatic heterocycles. The minimum absolute atomic E-state index is 0.0194. The lowest BCUT2D eigenvalue weighted by Crippen LogP contribution is -2.71. The number of allylic oxidation sites excluding steroid dienone is 2. The van der Waals surface area contributed by atoms with Gasteiger partial charge in [0.2, 0.25) is 0 Å². The molecule has 5 rings (SSSR count). The third kappa shape index (κ3) is 2.94. The molecule has 0 heterocycles. The summed E-state index contributed by atoms with van der Waals surface area (Å²) in [6.07, 6.45) is 5.25. The topological polar surface area (TPSA) is 101 Å². The third-order valence-corrected chi connectivity index (χ3v) is 13.4. The van der Waals surface area contributed by atoms with Crippen molar-refractivity contribution in [1.82, 2.24) is 0 Å². The van der Waals surface area contributed by atoms with E-state index in [-0.39, 0.29) is 40.3 Å². The molecule has 35 heavy (non-hydrogen) atoms. The lowest BCUT2D eigenvalue weighted by atomic mass is 9.33. The number of aliphatic hydroxyl groups is 5. The Morgan fingerprint density at radius 2 is 1.46 bits per heavy atom. The zero-order valence-electron chi connectivity index (χ0n) is 23.0. The maximum atomic E-state index is 11.7. The standard InChI is InChI=1S/C30H50O5/c1-25(2)14-18-17-8-9-20-27(5)12-11-21(32)26(3,4)19(27)10-13-28(20,6)29(17,7)15-22(33)30(18,16-31)24(35)23(25)34/h8,18-24,31-35H,9-16H2,1-7H3/t18-,19-,20+,21+,22+,23-,24-,27-,28+,29+,30-/m0/s1. The largest absolute Gasteiger partial charge is 0.396 e. The van der Waals surface area contributed by atoms with E-state index in [4.69, 9.17) is 0 Å². The molecule has 0 aromatic rings. The molecule has 4 saturated carbocycles. The van der Waals surface area contributed by atoms with E-state index < -0.39 is 29.1 Å². The van der Waals surface area contributed by atoms with Crippen molar-refractivity contribution in [2.24, 2.45) is 50.2 Å². The Labute approximate surface area is 212 Å². The van der Waals surface area contributed by atoms with Crippen LogP contribution in [0.2, 0.25) is 0 Å². The van der Waals surface area contributed by atoms with Gasteiger partial charge in [0, 0.05) is 0 Å². The number of fused-ring (bicyclic) bond motifs is 7. The molecular weight excluding hydrogens is 440 g/mol. The quantitative estimate of drug-likeness (QED) is 0.357. The Morgan fingerprint density at radius 1 is 0.800 bits per heavy atom. The van der Waals surface area contributed by atoms with Crippen molar-refractivity contribution in [2.45, 2.75) is 118 Å². The lowest BCUT2D eigenvalue weighted by molar-refractivity contribution is -0.257. The smallest absolute Gasteiger partial charge is 0.0913 e. The molecule has 5 aliphatic rings. The van der Waals surface area contributed by atoms with Gasteiger partial charge in [0.15, 0.2) is 0 Å². The van der Waals surface area contributed by atoms with Crippen LogP contribution in [0.3, 0.4) is 0 Å². The summed E-state index contributed by atoms with van der Waals surface area (Å²) < 4.78 is 0. The van der Waals surface area contributed by atoms with Gasteiger partial charge in [-0.1, -0.05) is 60.1 Å². The van der Waals surface area contributed by atoms with E-state index in [1.54, 1.807) is 0 Å². The lowest BCUT2D eigenvalue weighted by Gasteiger charge is -2.72. The van der Waals surface area contributed by atoms with Crippen LogP contribution in [0.1, 0.15) is 93.4 Å². The number of aliphatic hydroxyl groups excluding tert-OH is 5. The SMILES string of the molecule is CC1(C)C[C@H]2C3=CC[C@@H]4[C@@]5(C)CC[C@@H](O)C(C)(C)[C@@H]5CC[C@@]4(C)[C@]3(C)C[C@@H](O)[C@@]2(CO)[C@@H](O)[C@@H]1O. The molecule has 0 saturated heterocycles. The van der Waals surface area contributed by atoms with Gasteiger partial charge >= 0.3 is 0 Å². The van der Waals surface area contributed by atoms with E-state index in [1.807, 2.05) is 13.8 Å². The van der Waals surface area contributed by atoms with Crippen molar-refractivity contribution in [2.75, 3.05) is 6.61 Å². The van der Waals surface area contributed by atoms with Crippen LogP contribution < -0.4 is 0 Å². The minimum atomic E-state index is -1.17. The van der Waals surface area contributed by atoms with Crippen molar-refractivity contribution in [3.05, 3.63) is 11.6 Å². The molecule has 11 atom stereocenters. The van der Waals surface area contributed by atoms with Gasteiger partial charge in [0.05, 0.1) is 36.4 Å². The summed E-state index contributed by atoms with van der Waals surface area (Å²) in [5.41, 5.74) is -0.580. The summed E-state index contributed by atoms with van der Waals surface area (Å²) in [7, 11) is 0. The van der Waals surface area contributed by atoms with Gasteiger partial charge in [-0.05, 0) is 89.8 Å². The highest BCUT2D eigenvalue weighted by Crippen LogP contribution is 2.75. The fraction of sp³-hybridized carbons (Fsp3) is 0.933. The van der Waals surface area contributed by atoms with Crippen LogP contribution in [0, 0.1) is 50.2 Å². The van der Waals surface area contributed by atoms with Crippen LogP contribution in [0.25, 0.3) is 0 Å². The Hall–Kier alpha value is -0.460. The molecule has 0 spiro atoms. The third-order valence-electron chi connectivity index (χ3n) is 13.4. The summed E-state index contributed by atoms with van der Waals surface area (Å²) in [5, 5.41) is 55.6. The van der Waals surface area contributed by atoms with Crippen LogP contribution in [0.5, 0.6) is 0 Å². The highest BCUT2D eigenvalue weighted by Gasteiger charge is 2.72. The molecule has 5 nitrogen and oxygen atoms in total. The van der Waals surface area contributed by atoms with E-state index in [0.29, 0.717) is 24.7 Å². The Morgan fingerprint density at radius 3 is 2.09 bits per heavy atom. The molecular formula is C30H50O5. The van der Waals surface area contributed by atoms with Gasteiger partial charge in [-0.25, -0.2) is 0 Å². The van der Waals surface area contributed by atoms with E-state index in [2.05, 4.69) is 40.7 Å². The first-order chi connectivity index (χ1) is 16.0. The molecule has 0 amide bonds. The van der Waals surface area contributed by atoms with Crippen LogP contribution in [0.15, 0.2) is 11.6 Å². The maximum absolute atomic E-state index is 11.7. The Balaban J connectivity index is 1.63. The molecule has 0 aliphatic heterocycles. The van der Waals surface area contributed by atoms with E-state index in [9.17, 15) is 25.5 Å². The first kappa shape index (κ1) is 26.2. The molecule has 0 radical (unpaired) electrons. The normalized spacial score (nSPS) is 56.7. The van der Waals surface area contributed by atoms with Gasteiger partial charge < -0.3 is 25.5 Å². The van der Waals surface area contributed by atoms with Crippen LogP contribution in [0.4, 0.5) is 0 Å². The number of hydrogen-bond acceptors (Lipinski definition) is 5. The van der Waals surface area contributed by atoms with Crippen molar-refractivity contribution < 1.29 is 25.5 Å². The molecule has 0 bridgehead atoms. The highest BCUT2D eigenvalue weighted by molar-refractivity contribution is 5.36. The second-order valence-electron chi connectivity index (χ2n) is 15.3. The fourth-order valence-electron chi connectivity index (χ4n) is 10.9. The Bertz CT molecular complexity index is 910. The van der Waals surface area contributed by atoms with Crippen LogP contribution >= 0.6 is 0 Å². The molecule has 200 valence electrons. The van der Waals surface area contributed by atoms with Crippen molar-refractivity contribution in [3.63, 3.8) is 0 Å². The van der Waals surface area contributed by atoms with E-state index >= 15 is 0 Å². The highest BCUT2D eigenvalue weighted by atomic mass is 16.3. The average Bonchev–Trinajstić information content (AvgIpc) is 2.76. The summed E-state index contributed by atoms with van der Waals surface area (Å²) >= 11 is 0. The zero-order valence-corrected chi connectivity index (χ0v) is 23.0. The first-order valence-electron chi connectivity index (χ1n) is 14.1. The molecule has 4 fully saturated rings. The van der Waals surface area contributed by atoms with Crippen LogP contribution in [-0.2, 0) is 0 Å². The predicted molar refractivity (Wildman–Crippen MR) is 136 cm³/mol. The second-order valence-corrected chi connectivity index (χ2v) is 15.3. The predicted octanol–water partition coefficient (Wildman–Crippen LogP) is 4.05. The summed E-state index contributed by atoms with van der Waals surface area (Å²) in [5.74, 6) is 0.754. The van der Waals surface area contributed by atoms with Crippen LogP contribution in [-0.4, -0.2) is 56.6 Å². The second kappa shape index (κ2) is 7.56. The maximum Gasteiger partial charge on any atom is 0.0913 e. The van der Waals surface area contributed by atoms with E-state index in [1.165, 1.54) is 5.57 Å². The van der Waals surface area contributed by atoms with Gasteiger partial charge in [0.1, 0.15) is 0 Å². The minimum Gasteiger partial charge on any atom is -0.396 e. The molecule has 5 N–H and O–H groups in total. The van der Waals surface area contributed by atoms with Gasteiger partial charge in [-0.2, -0.15) is 0 Å². The average molecular weight is 491 g/mol. The summed E-state index contributed by atoms with van der Waals surface area (Å²) in [6, 6.07) is 0. The van der Waals surface area contributed by atoms with Gasteiger partial charge in [0.25, 0.3) is 0 Å². The van der Waals surface area contributed by atoms with E-state index in [0.717, 1.165) is 32.1 Å². The molecule has 5 aliphatic carbocycles. The van der Waals surface area contributed by atoms with Crippen molar-refractivity contribution in [1.29, 1.82) is 0 Å². The monoisotopic (exact) mass is 490 g/mol. The number of rotatable bonds is 1. The number of hydrogen-bond donors (Lipinski definition) is 5. The van der Waals surface area contributed by atoms with Gasteiger partial charge in [-0.3, -0.25) is 0 Å². The van der Waals surface area contributed by atoms with Crippen molar-refractivity contribution in [3.8, 4) is 0 Å². The van der Waals surface area contributed by atoms with Crippen molar-refractivity contribution >= 4 is 0 Å². The van der Waals surface area contributed by atoms with Gasteiger partial charge in [-0.15, -0.1) is 0 Å². The first-order valence-corrected chi connectivity index (χ1v) is 14.1. The summed E-state index contributed by atoms with van der Waals surface area (Å²) in [4.78, 5) is 0. The molecule has 5 heteroatoms. The fourth-order valence-corrected chi connectivity index (χ4v) is 10.9. The molecule has 0 aromatic carbocycles. The Kier molecular flexibility index (Phi) is 5.65.